The van der Waals surface area contributed by atoms with Crippen molar-refractivity contribution < 1.29 is 18.3 Å². The maximum atomic E-state index is 13.2. The van der Waals surface area contributed by atoms with Crippen LogP contribution in [0.4, 0.5) is 8.78 Å². The summed E-state index contributed by atoms with van der Waals surface area (Å²) in [7, 11) is 0. The van der Waals surface area contributed by atoms with Gasteiger partial charge in [-0.2, -0.15) is 8.78 Å². The van der Waals surface area contributed by atoms with Crippen LogP contribution in [-0.4, -0.2) is 25.0 Å². The number of hydrogen-bond donors (Lipinski definition) is 1. The maximum absolute atomic E-state index is 13.2. The quantitative estimate of drug-likeness (QED) is 0.818. The zero-order chi connectivity index (χ0) is 13.8. The van der Waals surface area contributed by atoms with Gasteiger partial charge in [0.1, 0.15) is 0 Å². The van der Waals surface area contributed by atoms with Gasteiger partial charge in [-0.3, -0.25) is 0 Å². The molecule has 102 valence electrons. The van der Waals surface area contributed by atoms with Gasteiger partial charge < -0.3 is 10.1 Å². The van der Waals surface area contributed by atoms with Gasteiger partial charge in [0.25, 0.3) is 0 Å². The van der Waals surface area contributed by atoms with E-state index in [9.17, 15) is 13.6 Å². The summed E-state index contributed by atoms with van der Waals surface area (Å²) >= 11 is 12.7. The normalized spacial score (nSPS) is 11.6. The first-order chi connectivity index (χ1) is 8.36. The Balaban J connectivity index is 2.46. The van der Waals surface area contributed by atoms with Crippen LogP contribution in [0, 0.1) is 0 Å². The summed E-state index contributed by atoms with van der Waals surface area (Å²) in [6, 6.07) is 1.59. The van der Waals surface area contributed by atoms with Crippen molar-refractivity contribution in [2.24, 2.45) is 0 Å². The SMILES string of the molecule is CCOC(=O)C(F)(F)CNCc1cc(Cl)sc1Cl. The van der Waals surface area contributed by atoms with Gasteiger partial charge in [-0.05, 0) is 18.6 Å². The van der Waals surface area contributed by atoms with E-state index < -0.39 is 18.4 Å². The molecule has 0 radical (unpaired) electrons. The van der Waals surface area contributed by atoms with Crippen LogP contribution in [0.1, 0.15) is 12.5 Å². The number of esters is 1. The van der Waals surface area contributed by atoms with E-state index in [1.807, 2.05) is 0 Å². The molecule has 1 heterocycles. The Labute approximate surface area is 117 Å². The summed E-state index contributed by atoms with van der Waals surface area (Å²) in [4.78, 5) is 10.9. The van der Waals surface area contributed by atoms with Crippen LogP contribution >= 0.6 is 34.5 Å². The Hall–Kier alpha value is -0.430. The van der Waals surface area contributed by atoms with E-state index in [2.05, 4.69) is 10.1 Å². The molecule has 3 nitrogen and oxygen atoms in total. The Kier molecular flexibility index (Phi) is 5.78. The van der Waals surface area contributed by atoms with E-state index in [4.69, 9.17) is 23.2 Å². The van der Waals surface area contributed by atoms with Crippen LogP contribution in [-0.2, 0) is 16.1 Å². The first kappa shape index (κ1) is 15.6. The Morgan fingerprint density at radius 2 is 2.22 bits per heavy atom. The minimum absolute atomic E-state index is 0.0829. The largest absolute Gasteiger partial charge is 0.462 e. The van der Waals surface area contributed by atoms with Crippen molar-refractivity contribution in [3.63, 3.8) is 0 Å². The zero-order valence-electron chi connectivity index (χ0n) is 9.44. The minimum Gasteiger partial charge on any atom is -0.462 e. The molecule has 1 aromatic heterocycles. The fourth-order valence-electron chi connectivity index (χ4n) is 1.16. The van der Waals surface area contributed by atoms with Gasteiger partial charge in [-0.15, -0.1) is 11.3 Å². The second-order valence-electron chi connectivity index (χ2n) is 3.38. The van der Waals surface area contributed by atoms with Gasteiger partial charge in [0.15, 0.2) is 0 Å². The first-order valence-corrected chi connectivity index (χ1v) is 6.63. The van der Waals surface area contributed by atoms with Crippen LogP contribution in [0.5, 0.6) is 0 Å². The molecule has 1 rings (SSSR count). The second kappa shape index (κ2) is 6.65. The van der Waals surface area contributed by atoms with E-state index >= 15 is 0 Å². The van der Waals surface area contributed by atoms with E-state index in [1.54, 1.807) is 6.07 Å². The molecule has 0 saturated heterocycles. The van der Waals surface area contributed by atoms with Gasteiger partial charge in [-0.25, -0.2) is 4.79 Å². The fourth-order valence-corrected chi connectivity index (χ4v) is 2.64. The lowest BCUT2D eigenvalue weighted by atomic mass is 10.3. The highest BCUT2D eigenvalue weighted by atomic mass is 35.5. The lowest BCUT2D eigenvalue weighted by Gasteiger charge is -2.15. The second-order valence-corrected chi connectivity index (χ2v) is 5.66. The van der Waals surface area contributed by atoms with Crippen molar-refractivity contribution in [3.8, 4) is 0 Å². The van der Waals surface area contributed by atoms with Crippen LogP contribution in [0.3, 0.4) is 0 Å². The summed E-state index contributed by atoms with van der Waals surface area (Å²) in [6.07, 6.45) is 0. The van der Waals surface area contributed by atoms with Gasteiger partial charge in [0, 0.05) is 6.54 Å². The number of nitrogens with one attached hydrogen (secondary N) is 1. The number of carbonyl (C=O) groups excluding carboxylic acids is 1. The van der Waals surface area contributed by atoms with Gasteiger partial charge >= 0.3 is 11.9 Å². The number of ether oxygens (including phenoxy) is 1. The molecule has 0 aliphatic rings. The van der Waals surface area contributed by atoms with Crippen molar-refractivity contribution in [3.05, 3.63) is 20.3 Å². The molecule has 0 amide bonds. The maximum Gasteiger partial charge on any atom is 0.378 e. The number of carbonyl (C=O) groups is 1. The third-order valence-corrected chi connectivity index (χ3v) is 3.53. The number of halogens is 4. The number of alkyl halides is 2. The van der Waals surface area contributed by atoms with Gasteiger partial charge in [0.2, 0.25) is 0 Å². The molecule has 0 fully saturated rings. The molecule has 18 heavy (non-hydrogen) atoms. The molecule has 0 aliphatic carbocycles. The standard InChI is InChI=1S/C10H11Cl2F2NO2S/c1-2-17-9(16)10(13,14)5-15-4-6-3-7(11)18-8(6)12/h3,15H,2,4-5H2,1H3. The Morgan fingerprint density at radius 1 is 1.56 bits per heavy atom. The van der Waals surface area contributed by atoms with Crippen molar-refractivity contribution in [2.75, 3.05) is 13.2 Å². The monoisotopic (exact) mass is 317 g/mol. The molecule has 0 bridgehead atoms. The fraction of sp³-hybridized carbons (Fsp3) is 0.500. The van der Waals surface area contributed by atoms with E-state index in [-0.39, 0.29) is 13.2 Å². The van der Waals surface area contributed by atoms with Crippen molar-refractivity contribution >= 4 is 40.5 Å². The number of thiophene rings is 1. The molecular formula is C10H11Cl2F2NO2S. The van der Waals surface area contributed by atoms with Crippen LogP contribution in [0.2, 0.25) is 8.67 Å². The molecule has 8 heteroatoms. The summed E-state index contributed by atoms with van der Waals surface area (Å²) < 4.78 is 31.6. The highest BCUT2D eigenvalue weighted by molar-refractivity contribution is 7.20. The molecule has 0 aromatic carbocycles. The topological polar surface area (TPSA) is 38.3 Å². The first-order valence-electron chi connectivity index (χ1n) is 5.06. The van der Waals surface area contributed by atoms with E-state index in [0.717, 1.165) is 11.3 Å². The smallest absolute Gasteiger partial charge is 0.378 e. The highest BCUT2D eigenvalue weighted by Crippen LogP contribution is 2.31. The predicted molar refractivity (Wildman–Crippen MR) is 67.6 cm³/mol. The molecular weight excluding hydrogens is 307 g/mol. The number of rotatable bonds is 6. The summed E-state index contributed by atoms with van der Waals surface area (Å²) in [5.74, 6) is -5.09. The average molecular weight is 318 g/mol. The number of hydrogen-bond acceptors (Lipinski definition) is 4. The lowest BCUT2D eigenvalue weighted by Crippen LogP contribution is -2.40. The van der Waals surface area contributed by atoms with Gasteiger partial charge in [-0.1, -0.05) is 23.2 Å². The average Bonchev–Trinajstić information content (AvgIpc) is 2.57. The lowest BCUT2D eigenvalue weighted by molar-refractivity contribution is -0.170. The van der Waals surface area contributed by atoms with Crippen molar-refractivity contribution in [2.45, 2.75) is 19.4 Å². The highest BCUT2D eigenvalue weighted by Gasteiger charge is 2.39. The van der Waals surface area contributed by atoms with Gasteiger partial charge in [0.05, 0.1) is 21.8 Å². The molecule has 0 aliphatic heterocycles. The summed E-state index contributed by atoms with van der Waals surface area (Å²) in [5, 5.41) is 2.45. The molecule has 0 atom stereocenters. The molecule has 0 spiro atoms. The minimum atomic E-state index is -3.55. The van der Waals surface area contributed by atoms with Crippen molar-refractivity contribution in [1.82, 2.24) is 5.32 Å². The summed E-state index contributed by atoms with van der Waals surface area (Å²) in [5.41, 5.74) is 0.617. The van der Waals surface area contributed by atoms with Crippen LogP contribution in [0.15, 0.2) is 6.07 Å². The molecule has 1 aromatic rings. The predicted octanol–water partition coefficient (Wildman–Crippen LogP) is 3.34. The van der Waals surface area contributed by atoms with Crippen LogP contribution < -0.4 is 5.32 Å². The van der Waals surface area contributed by atoms with E-state index in [1.165, 1.54) is 6.92 Å². The molecule has 0 saturated carbocycles. The molecule has 1 N–H and O–H groups in total. The molecule has 0 unspecified atom stereocenters. The zero-order valence-corrected chi connectivity index (χ0v) is 11.8. The van der Waals surface area contributed by atoms with Crippen LogP contribution in [0.25, 0.3) is 0 Å². The van der Waals surface area contributed by atoms with Crippen molar-refractivity contribution in [1.29, 1.82) is 0 Å². The Morgan fingerprint density at radius 3 is 2.72 bits per heavy atom. The Bertz CT molecular complexity index is 426. The third-order valence-electron chi connectivity index (χ3n) is 1.96. The van der Waals surface area contributed by atoms with E-state index in [0.29, 0.717) is 14.2 Å². The summed E-state index contributed by atoms with van der Waals surface area (Å²) in [6.45, 7) is 0.682. The third kappa shape index (κ3) is 4.35.